The minimum Gasteiger partial charge on any atom is -0.508 e. The first kappa shape index (κ1) is 10.4. The van der Waals surface area contributed by atoms with Gasteiger partial charge in [0.2, 0.25) is 0 Å². The Morgan fingerprint density at radius 1 is 1.38 bits per heavy atom. The molecule has 0 radical (unpaired) electrons. The van der Waals surface area contributed by atoms with Crippen LogP contribution in [-0.2, 0) is 0 Å². The summed E-state index contributed by atoms with van der Waals surface area (Å²) < 4.78 is 4.98. The van der Waals surface area contributed by atoms with Crippen LogP contribution < -0.4 is 5.63 Å². The van der Waals surface area contributed by atoms with E-state index in [9.17, 15) is 14.7 Å². The highest BCUT2D eigenvalue weighted by atomic mass is 16.4. The molecule has 4 nitrogen and oxygen atoms in total. The highest BCUT2D eigenvalue weighted by molar-refractivity contribution is 5.99. The first-order valence-corrected chi connectivity index (χ1v) is 4.78. The van der Waals surface area contributed by atoms with Crippen LogP contribution >= 0.6 is 0 Å². The summed E-state index contributed by atoms with van der Waals surface area (Å²) in [6, 6.07) is 4.46. The molecule has 2 rings (SSSR count). The molecule has 16 heavy (non-hydrogen) atoms. The van der Waals surface area contributed by atoms with E-state index in [-0.39, 0.29) is 22.7 Å². The molecule has 0 aliphatic carbocycles. The average molecular weight is 218 g/mol. The largest absolute Gasteiger partial charge is 0.508 e. The lowest BCUT2D eigenvalue weighted by atomic mass is 10.0. The van der Waals surface area contributed by atoms with Crippen molar-refractivity contribution in [2.75, 3.05) is 0 Å². The van der Waals surface area contributed by atoms with E-state index in [1.54, 1.807) is 13.0 Å². The van der Waals surface area contributed by atoms with Crippen molar-refractivity contribution in [2.45, 2.75) is 13.8 Å². The molecule has 2 aromatic rings. The van der Waals surface area contributed by atoms with Crippen molar-refractivity contribution in [1.29, 1.82) is 0 Å². The van der Waals surface area contributed by atoms with Crippen molar-refractivity contribution in [3.05, 3.63) is 39.7 Å². The smallest absolute Gasteiger partial charge is 0.347 e. The summed E-state index contributed by atoms with van der Waals surface area (Å²) in [6.07, 6.45) is 0. The standard InChI is InChI=1S/C12H10O4/c1-6-9-4-3-8(14)5-10(9)16-12(15)11(6)7(2)13/h3-5,14H,1-2H3. The van der Waals surface area contributed by atoms with Crippen LogP contribution in [0.15, 0.2) is 27.4 Å². The molecule has 0 aliphatic rings. The number of aromatic hydroxyl groups is 1. The Morgan fingerprint density at radius 2 is 2.06 bits per heavy atom. The van der Waals surface area contributed by atoms with Gasteiger partial charge in [-0.1, -0.05) is 0 Å². The summed E-state index contributed by atoms with van der Waals surface area (Å²) in [6.45, 7) is 3.01. The van der Waals surface area contributed by atoms with Gasteiger partial charge in [0.05, 0.1) is 0 Å². The van der Waals surface area contributed by atoms with Gasteiger partial charge in [-0.15, -0.1) is 0 Å². The Morgan fingerprint density at radius 3 is 2.69 bits per heavy atom. The topological polar surface area (TPSA) is 67.5 Å². The van der Waals surface area contributed by atoms with E-state index in [0.717, 1.165) is 0 Å². The maximum Gasteiger partial charge on any atom is 0.347 e. The minimum absolute atomic E-state index is 0.0191. The van der Waals surface area contributed by atoms with E-state index in [1.807, 2.05) is 0 Å². The zero-order valence-corrected chi connectivity index (χ0v) is 8.90. The van der Waals surface area contributed by atoms with Crippen molar-refractivity contribution in [3.63, 3.8) is 0 Å². The van der Waals surface area contributed by atoms with E-state index in [0.29, 0.717) is 10.9 Å². The number of carbonyl (C=O) groups excluding carboxylic acids is 1. The third kappa shape index (κ3) is 1.48. The third-order valence-corrected chi connectivity index (χ3v) is 2.50. The number of hydrogen-bond acceptors (Lipinski definition) is 4. The van der Waals surface area contributed by atoms with E-state index in [4.69, 9.17) is 4.42 Å². The molecule has 0 spiro atoms. The first-order valence-electron chi connectivity index (χ1n) is 4.78. The number of fused-ring (bicyclic) bond motifs is 1. The Kier molecular flexibility index (Phi) is 2.27. The molecule has 1 aromatic heterocycles. The minimum atomic E-state index is -0.664. The molecule has 0 bridgehead atoms. The van der Waals surface area contributed by atoms with Crippen molar-refractivity contribution in [1.82, 2.24) is 0 Å². The summed E-state index contributed by atoms with van der Waals surface area (Å²) in [5.74, 6) is -0.299. The van der Waals surface area contributed by atoms with Gasteiger partial charge in [-0.2, -0.15) is 0 Å². The van der Waals surface area contributed by atoms with Crippen LogP contribution in [0, 0.1) is 6.92 Å². The Bertz CT molecular complexity index is 637. The quantitative estimate of drug-likeness (QED) is 0.587. The second kappa shape index (κ2) is 3.48. The highest BCUT2D eigenvalue weighted by Crippen LogP contribution is 2.23. The fourth-order valence-electron chi connectivity index (χ4n) is 1.75. The first-order chi connectivity index (χ1) is 7.50. The number of phenols is 1. The van der Waals surface area contributed by atoms with Crippen LogP contribution in [0.3, 0.4) is 0 Å². The molecule has 0 amide bonds. The van der Waals surface area contributed by atoms with Crippen LogP contribution in [0.25, 0.3) is 11.0 Å². The predicted molar refractivity (Wildman–Crippen MR) is 58.9 cm³/mol. The Labute approximate surface area is 91.1 Å². The van der Waals surface area contributed by atoms with Crippen LogP contribution in [0.1, 0.15) is 22.8 Å². The summed E-state index contributed by atoms with van der Waals surface area (Å²) in [7, 11) is 0. The summed E-state index contributed by atoms with van der Waals surface area (Å²) in [4.78, 5) is 22.8. The predicted octanol–water partition coefficient (Wildman–Crippen LogP) is 2.01. The number of hydrogen-bond donors (Lipinski definition) is 1. The number of carbonyl (C=O) groups is 1. The van der Waals surface area contributed by atoms with Crippen LogP contribution in [0.4, 0.5) is 0 Å². The summed E-state index contributed by atoms with van der Waals surface area (Å²) in [5, 5.41) is 9.92. The number of phenolic OH excluding ortho intramolecular Hbond substituents is 1. The van der Waals surface area contributed by atoms with E-state index in [2.05, 4.69) is 0 Å². The molecule has 1 N–H and O–H groups in total. The summed E-state index contributed by atoms with van der Waals surface area (Å²) >= 11 is 0. The zero-order chi connectivity index (χ0) is 11.9. The molecule has 82 valence electrons. The van der Waals surface area contributed by atoms with Gasteiger partial charge in [0.15, 0.2) is 5.78 Å². The fourth-order valence-corrected chi connectivity index (χ4v) is 1.75. The van der Waals surface area contributed by atoms with Gasteiger partial charge in [0.25, 0.3) is 0 Å². The molecular weight excluding hydrogens is 208 g/mol. The molecule has 1 aromatic carbocycles. The third-order valence-electron chi connectivity index (χ3n) is 2.50. The maximum atomic E-state index is 11.5. The lowest BCUT2D eigenvalue weighted by Crippen LogP contribution is -2.14. The van der Waals surface area contributed by atoms with Gasteiger partial charge in [-0.25, -0.2) is 4.79 Å². The zero-order valence-electron chi connectivity index (χ0n) is 8.90. The van der Waals surface area contributed by atoms with Gasteiger partial charge in [0.1, 0.15) is 16.9 Å². The molecule has 0 saturated carbocycles. The van der Waals surface area contributed by atoms with E-state index >= 15 is 0 Å². The lowest BCUT2D eigenvalue weighted by Gasteiger charge is -2.04. The number of Topliss-reactive ketones (excluding diaryl/α,β-unsaturated/α-hetero) is 1. The molecule has 0 atom stereocenters. The van der Waals surface area contributed by atoms with Crippen molar-refractivity contribution >= 4 is 16.8 Å². The van der Waals surface area contributed by atoms with Gasteiger partial charge >= 0.3 is 5.63 Å². The van der Waals surface area contributed by atoms with Crippen molar-refractivity contribution in [2.24, 2.45) is 0 Å². The molecule has 1 heterocycles. The normalized spacial score (nSPS) is 10.6. The van der Waals surface area contributed by atoms with Gasteiger partial charge < -0.3 is 9.52 Å². The van der Waals surface area contributed by atoms with E-state index < -0.39 is 5.63 Å². The molecule has 0 aliphatic heterocycles. The second-order valence-corrected chi connectivity index (χ2v) is 3.63. The average Bonchev–Trinajstić information content (AvgIpc) is 2.15. The number of rotatable bonds is 1. The van der Waals surface area contributed by atoms with Crippen LogP contribution in [0.2, 0.25) is 0 Å². The summed E-state index contributed by atoms with van der Waals surface area (Å²) in [5.41, 5.74) is 0.271. The molecule has 0 fully saturated rings. The Balaban J connectivity index is 2.94. The molecule has 0 unspecified atom stereocenters. The van der Waals surface area contributed by atoms with Crippen LogP contribution in [0.5, 0.6) is 5.75 Å². The Hall–Kier alpha value is -2.10. The van der Waals surface area contributed by atoms with Crippen molar-refractivity contribution in [3.8, 4) is 5.75 Å². The second-order valence-electron chi connectivity index (χ2n) is 3.63. The van der Waals surface area contributed by atoms with Gasteiger partial charge in [-0.3, -0.25) is 4.79 Å². The SMILES string of the molecule is CC(=O)c1c(C)c2ccc(O)cc2oc1=O. The maximum absolute atomic E-state index is 11.5. The lowest BCUT2D eigenvalue weighted by molar-refractivity contribution is 0.101. The van der Waals surface area contributed by atoms with Gasteiger partial charge in [0, 0.05) is 11.5 Å². The number of aryl methyl sites for hydroxylation is 1. The monoisotopic (exact) mass is 218 g/mol. The van der Waals surface area contributed by atoms with E-state index in [1.165, 1.54) is 19.1 Å². The number of ketones is 1. The number of benzene rings is 1. The van der Waals surface area contributed by atoms with Gasteiger partial charge in [-0.05, 0) is 31.5 Å². The molecule has 0 saturated heterocycles. The van der Waals surface area contributed by atoms with Crippen molar-refractivity contribution < 1.29 is 14.3 Å². The molecule has 4 heteroatoms. The fraction of sp³-hybridized carbons (Fsp3) is 0.167. The highest BCUT2D eigenvalue weighted by Gasteiger charge is 2.14. The molecular formula is C12H10O4. The van der Waals surface area contributed by atoms with Crippen LogP contribution in [-0.4, -0.2) is 10.9 Å².